The Bertz CT molecular complexity index is 561. The van der Waals surface area contributed by atoms with Gasteiger partial charge in [0.2, 0.25) is 0 Å². The van der Waals surface area contributed by atoms with Crippen LogP contribution in [0.5, 0.6) is 5.75 Å². The summed E-state index contributed by atoms with van der Waals surface area (Å²) in [5, 5.41) is 1.02. The molecule has 0 bridgehead atoms. The second-order valence-corrected chi connectivity index (χ2v) is 3.74. The summed E-state index contributed by atoms with van der Waals surface area (Å²) < 4.78 is 5.24. The van der Waals surface area contributed by atoms with E-state index in [2.05, 4.69) is 4.98 Å². The van der Waals surface area contributed by atoms with Gasteiger partial charge in [0.15, 0.2) is 5.78 Å². The van der Waals surface area contributed by atoms with Gasteiger partial charge in [0.25, 0.3) is 0 Å². The van der Waals surface area contributed by atoms with Crippen molar-refractivity contribution in [3.63, 3.8) is 0 Å². The van der Waals surface area contributed by atoms with E-state index in [1.165, 1.54) is 6.92 Å². The number of Topliss-reactive ketones (excluding diaryl/α,β-unsaturated/α-hetero) is 1. The summed E-state index contributed by atoms with van der Waals surface area (Å²) >= 11 is 0. The van der Waals surface area contributed by atoms with Gasteiger partial charge in [0.1, 0.15) is 17.0 Å². The molecule has 1 heterocycles. The van der Waals surface area contributed by atoms with E-state index in [0.29, 0.717) is 11.4 Å². The maximum Gasteiger partial charge on any atom is 0.178 e. The molecule has 0 atom stereocenters. The van der Waals surface area contributed by atoms with Crippen LogP contribution in [0.3, 0.4) is 0 Å². The molecule has 2 rings (SSSR count). The molecule has 0 amide bonds. The molecule has 0 saturated heterocycles. The molecular weight excluding hydrogens is 202 g/mol. The van der Waals surface area contributed by atoms with Gasteiger partial charge in [-0.3, -0.25) is 4.79 Å². The van der Waals surface area contributed by atoms with Crippen LogP contribution in [-0.2, 0) is 0 Å². The summed E-state index contributed by atoms with van der Waals surface area (Å²) in [5.74, 6) is 0.666. The Morgan fingerprint density at radius 3 is 2.75 bits per heavy atom. The topological polar surface area (TPSA) is 39.2 Å². The number of nitrogens with zero attached hydrogens (tertiary/aromatic N) is 1. The number of hydrogen-bond acceptors (Lipinski definition) is 3. The first-order valence-electron chi connectivity index (χ1n) is 5.09. The number of carbonyl (C=O) groups excluding carboxylic acids is 1. The van der Waals surface area contributed by atoms with Gasteiger partial charge in [0.05, 0.1) is 7.11 Å². The fourth-order valence-electron chi connectivity index (χ4n) is 1.74. The lowest BCUT2D eigenvalue weighted by atomic mass is 10.1. The molecule has 0 aliphatic carbocycles. The Hall–Kier alpha value is -1.90. The fraction of sp³-hybridized carbons (Fsp3) is 0.231. The number of ketones is 1. The number of aromatic nitrogens is 1. The van der Waals surface area contributed by atoms with Crippen molar-refractivity contribution in [1.29, 1.82) is 0 Å². The largest absolute Gasteiger partial charge is 0.494 e. The average Bonchev–Trinajstić information content (AvgIpc) is 2.28. The number of ether oxygens (including phenoxy) is 1. The van der Waals surface area contributed by atoms with Crippen molar-refractivity contribution in [3.05, 3.63) is 35.5 Å². The summed E-state index contributed by atoms with van der Waals surface area (Å²) in [5.41, 5.74) is 2.26. The molecule has 0 unspecified atom stereocenters. The second kappa shape index (κ2) is 3.93. The van der Waals surface area contributed by atoms with E-state index in [-0.39, 0.29) is 5.78 Å². The Morgan fingerprint density at radius 1 is 1.38 bits per heavy atom. The van der Waals surface area contributed by atoms with Crippen molar-refractivity contribution in [2.75, 3.05) is 7.11 Å². The summed E-state index contributed by atoms with van der Waals surface area (Å²) in [6, 6.07) is 7.55. The molecule has 1 aromatic heterocycles. The van der Waals surface area contributed by atoms with E-state index in [1.807, 2.05) is 31.2 Å². The lowest BCUT2D eigenvalue weighted by Gasteiger charge is -2.08. The Labute approximate surface area is 94.1 Å². The van der Waals surface area contributed by atoms with E-state index in [0.717, 1.165) is 16.5 Å². The van der Waals surface area contributed by atoms with Crippen molar-refractivity contribution in [1.82, 2.24) is 4.98 Å². The standard InChI is InChI=1S/C13H13NO2/c1-8-7-11(9(2)15)14-13-10(8)5-4-6-12(13)16-3/h4-7H,1-3H3. The maximum absolute atomic E-state index is 11.3. The third-order valence-corrected chi connectivity index (χ3v) is 2.59. The molecular formula is C13H13NO2. The SMILES string of the molecule is COc1cccc2c(C)cc(C(C)=O)nc12. The van der Waals surface area contributed by atoms with Crippen LogP contribution in [0.25, 0.3) is 10.9 Å². The van der Waals surface area contributed by atoms with Gasteiger partial charge in [0, 0.05) is 12.3 Å². The number of methoxy groups -OCH3 is 1. The van der Waals surface area contributed by atoms with Crippen LogP contribution in [0, 0.1) is 6.92 Å². The summed E-state index contributed by atoms with van der Waals surface area (Å²) in [7, 11) is 1.60. The highest BCUT2D eigenvalue weighted by molar-refractivity contribution is 5.97. The van der Waals surface area contributed by atoms with Crippen LogP contribution >= 0.6 is 0 Å². The maximum atomic E-state index is 11.3. The molecule has 2 aromatic rings. The van der Waals surface area contributed by atoms with Crippen LogP contribution < -0.4 is 4.74 Å². The number of benzene rings is 1. The zero-order valence-electron chi connectivity index (χ0n) is 9.57. The molecule has 3 heteroatoms. The van der Waals surface area contributed by atoms with Gasteiger partial charge in [-0.1, -0.05) is 12.1 Å². The molecule has 0 N–H and O–H groups in total. The molecule has 0 spiro atoms. The zero-order chi connectivity index (χ0) is 11.7. The predicted octanol–water partition coefficient (Wildman–Crippen LogP) is 2.75. The molecule has 0 fully saturated rings. The number of rotatable bonds is 2. The molecule has 0 saturated carbocycles. The first-order chi connectivity index (χ1) is 7.63. The minimum absolute atomic E-state index is 0.0316. The molecule has 0 aliphatic heterocycles. The van der Waals surface area contributed by atoms with Gasteiger partial charge < -0.3 is 4.74 Å². The molecule has 82 valence electrons. The van der Waals surface area contributed by atoms with Gasteiger partial charge in [-0.25, -0.2) is 4.98 Å². The van der Waals surface area contributed by atoms with E-state index >= 15 is 0 Å². The highest BCUT2D eigenvalue weighted by atomic mass is 16.5. The molecule has 3 nitrogen and oxygen atoms in total. The van der Waals surface area contributed by atoms with E-state index in [1.54, 1.807) is 7.11 Å². The van der Waals surface area contributed by atoms with E-state index in [9.17, 15) is 4.79 Å². The molecule has 0 aliphatic rings. The van der Waals surface area contributed by atoms with Gasteiger partial charge >= 0.3 is 0 Å². The van der Waals surface area contributed by atoms with Crippen LogP contribution in [-0.4, -0.2) is 17.9 Å². The van der Waals surface area contributed by atoms with Crippen LogP contribution in [0.4, 0.5) is 0 Å². The summed E-state index contributed by atoms with van der Waals surface area (Å²) in [6.07, 6.45) is 0. The second-order valence-electron chi connectivity index (χ2n) is 3.74. The van der Waals surface area contributed by atoms with E-state index in [4.69, 9.17) is 4.74 Å². The van der Waals surface area contributed by atoms with Crippen molar-refractivity contribution >= 4 is 16.7 Å². The normalized spacial score (nSPS) is 10.4. The quantitative estimate of drug-likeness (QED) is 0.723. The number of pyridine rings is 1. The number of carbonyl (C=O) groups is 1. The van der Waals surface area contributed by atoms with Gasteiger partial charge in [-0.05, 0) is 24.6 Å². The smallest absolute Gasteiger partial charge is 0.178 e. The van der Waals surface area contributed by atoms with Crippen molar-refractivity contribution < 1.29 is 9.53 Å². The lowest BCUT2D eigenvalue weighted by Crippen LogP contribution is -1.99. The van der Waals surface area contributed by atoms with Gasteiger partial charge in [-0.2, -0.15) is 0 Å². The molecule has 1 aromatic carbocycles. The lowest BCUT2D eigenvalue weighted by molar-refractivity contribution is 0.101. The molecule has 0 radical (unpaired) electrons. The first-order valence-corrected chi connectivity index (χ1v) is 5.09. The number of para-hydroxylation sites is 1. The summed E-state index contributed by atoms with van der Waals surface area (Å²) in [4.78, 5) is 15.7. The van der Waals surface area contributed by atoms with Crippen molar-refractivity contribution in [2.45, 2.75) is 13.8 Å². The summed E-state index contributed by atoms with van der Waals surface area (Å²) in [6.45, 7) is 3.49. The first kappa shape index (κ1) is 10.6. The number of fused-ring (bicyclic) bond motifs is 1. The Kier molecular flexibility index (Phi) is 2.60. The minimum Gasteiger partial charge on any atom is -0.494 e. The van der Waals surface area contributed by atoms with Crippen LogP contribution in [0.15, 0.2) is 24.3 Å². The van der Waals surface area contributed by atoms with E-state index < -0.39 is 0 Å². The predicted molar refractivity (Wildman–Crippen MR) is 63.0 cm³/mol. The van der Waals surface area contributed by atoms with Crippen molar-refractivity contribution in [2.24, 2.45) is 0 Å². The van der Waals surface area contributed by atoms with Gasteiger partial charge in [-0.15, -0.1) is 0 Å². The third kappa shape index (κ3) is 1.65. The zero-order valence-corrected chi connectivity index (χ0v) is 9.57. The Morgan fingerprint density at radius 2 is 2.12 bits per heavy atom. The molecule has 16 heavy (non-hydrogen) atoms. The minimum atomic E-state index is -0.0316. The number of aryl methyl sites for hydroxylation is 1. The number of hydrogen-bond donors (Lipinski definition) is 0. The van der Waals surface area contributed by atoms with Crippen LogP contribution in [0.2, 0.25) is 0 Å². The monoisotopic (exact) mass is 215 g/mol. The third-order valence-electron chi connectivity index (χ3n) is 2.59. The average molecular weight is 215 g/mol. The highest BCUT2D eigenvalue weighted by Crippen LogP contribution is 2.26. The Balaban J connectivity index is 2.82. The van der Waals surface area contributed by atoms with Crippen LogP contribution in [0.1, 0.15) is 23.0 Å². The highest BCUT2D eigenvalue weighted by Gasteiger charge is 2.09. The van der Waals surface area contributed by atoms with Crippen molar-refractivity contribution in [3.8, 4) is 5.75 Å². The fourth-order valence-corrected chi connectivity index (χ4v) is 1.74.